The third kappa shape index (κ3) is 3.58. The van der Waals surface area contributed by atoms with Crippen LogP contribution >= 0.6 is 22.9 Å². The zero-order valence-corrected chi connectivity index (χ0v) is 14.9. The predicted molar refractivity (Wildman–Crippen MR) is 96.2 cm³/mol. The first kappa shape index (κ1) is 16.7. The summed E-state index contributed by atoms with van der Waals surface area (Å²) >= 11 is 7.65. The molecule has 0 saturated heterocycles. The Morgan fingerprint density at radius 2 is 2.27 bits per heavy atom. The predicted octanol–water partition coefficient (Wildman–Crippen LogP) is 4.54. The number of hydrogen-bond donors (Lipinski definition) is 0. The lowest BCUT2D eigenvalue weighted by Crippen LogP contribution is -2.00. The lowest BCUT2D eigenvalue weighted by molar-refractivity contribution is -0.139. The first-order valence-corrected chi connectivity index (χ1v) is 8.88. The molecule has 0 spiro atoms. The largest absolute Gasteiger partial charge is 0.456 e. The van der Waals surface area contributed by atoms with Crippen molar-refractivity contribution in [1.82, 2.24) is 5.16 Å². The zero-order chi connectivity index (χ0) is 17.9. The second-order valence-corrected chi connectivity index (χ2v) is 6.69. The van der Waals surface area contributed by atoms with Crippen LogP contribution in [0.5, 0.6) is 11.5 Å². The van der Waals surface area contributed by atoms with Crippen LogP contribution in [0.1, 0.15) is 11.3 Å². The minimum atomic E-state index is -0.500. The van der Waals surface area contributed by atoms with Gasteiger partial charge in [-0.3, -0.25) is 0 Å². The number of esters is 1. The molecule has 0 radical (unpaired) electrons. The molecule has 0 bridgehead atoms. The summed E-state index contributed by atoms with van der Waals surface area (Å²) in [6.07, 6.45) is 2.91. The molecule has 0 fully saturated rings. The number of carbonyl (C=O) groups excluding carboxylic acids is 1. The Labute approximate surface area is 157 Å². The average molecular weight is 390 g/mol. The van der Waals surface area contributed by atoms with E-state index in [2.05, 4.69) is 5.16 Å². The molecule has 132 valence electrons. The van der Waals surface area contributed by atoms with Crippen molar-refractivity contribution in [3.8, 4) is 22.1 Å². The van der Waals surface area contributed by atoms with E-state index in [0.717, 1.165) is 4.88 Å². The van der Waals surface area contributed by atoms with E-state index in [1.165, 1.54) is 6.08 Å². The SMILES string of the molecule is O=C(/C=C/c1cc(Cl)c2c(c1)OCO2)OCc1cc(-c2cccs2)on1. The van der Waals surface area contributed by atoms with E-state index in [1.807, 2.05) is 17.5 Å². The number of carbonyl (C=O) groups is 1. The summed E-state index contributed by atoms with van der Waals surface area (Å²) in [6, 6.07) is 9.03. The summed E-state index contributed by atoms with van der Waals surface area (Å²) in [5, 5.41) is 6.27. The number of fused-ring (bicyclic) bond motifs is 1. The highest BCUT2D eigenvalue weighted by Gasteiger charge is 2.17. The van der Waals surface area contributed by atoms with Crippen LogP contribution in [0.4, 0.5) is 0 Å². The Balaban J connectivity index is 1.36. The van der Waals surface area contributed by atoms with Gasteiger partial charge >= 0.3 is 5.97 Å². The van der Waals surface area contributed by atoms with E-state index in [-0.39, 0.29) is 13.4 Å². The third-order valence-electron chi connectivity index (χ3n) is 3.55. The van der Waals surface area contributed by atoms with Crippen molar-refractivity contribution < 1.29 is 23.5 Å². The minimum Gasteiger partial charge on any atom is -0.456 e. The molecule has 1 aliphatic heterocycles. The summed E-state index contributed by atoms with van der Waals surface area (Å²) in [6.45, 7) is 0.162. The molecule has 26 heavy (non-hydrogen) atoms. The number of aromatic nitrogens is 1. The number of nitrogens with zero attached hydrogens (tertiary/aromatic N) is 1. The molecule has 1 aliphatic rings. The van der Waals surface area contributed by atoms with Crippen molar-refractivity contribution >= 4 is 35.0 Å². The van der Waals surface area contributed by atoms with Crippen LogP contribution in [-0.4, -0.2) is 17.9 Å². The number of hydrogen-bond acceptors (Lipinski definition) is 7. The number of thiophene rings is 1. The highest BCUT2D eigenvalue weighted by molar-refractivity contribution is 7.13. The van der Waals surface area contributed by atoms with Gasteiger partial charge in [-0.05, 0) is 35.2 Å². The molecule has 1 aromatic carbocycles. The van der Waals surface area contributed by atoms with Gasteiger partial charge in [0.05, 0.1) is 9.90 Å². The van der Waals surface area contributed by atoms with Gasteiger partial charge < -0.3 is 18.7 Å². The molecular weight excluding hydrogens is 378 g/mol. The fourth-order valence-electron chi connectivity index (χ4n) is 2.36. The van der Waals surface area contributed by atoms with Crippen LogP contribution in [0, 0.1) is 0 Å². The fraction of sp³-hybridized carbons (Fsp3) is 0.111. The Bertz CT molecular complexity index is 964. The Hall–Kier alpha value is -2.77. The number of halogens is 1. The van der Waals surface area contributed by atoms with Crippen LogP contribution < -0.4 is 9.47 Å². The van der Waals surface area contributed by atoms with E-state index in [0.29, 0.717) is 33.5 Å². The van der Waals surface area contributed by atoms with Crippen LogP contribution in [0.25, 0.3) is 16.7 Å². The van der Waals surface area contributed by atoms with Gasteiger partial charge in [0.25, 0.3) is 0 Å². The standard InChI is InChI=1S/C18H12ClNO5S/c19-13-6-11(7-15-18(13)24-10-23-15)3-4-17(21)22-9-12-8-14(25-20-12)16-2-1-5-26-16/h1-8H,9-10H2/b4-3+. The summed E-state index contributed by atoms with van der Waals surface area (Å²) in [5.41, 5.74) is 1.25. The van der Waals surface area contributed by atoms with E-state index >= 15 is 0 Å². The average Bonchev–Trinajstić information content (AvgIpc) is 3.38. The van der Waals surface area contributed by atoms with Crippen molar-refractivity contribution in [2.45, 2.75) is 6.61 Å². The van der Waals surface area contributed by atoms with Gasteiger partial charge in [-0.2, -0.15) is 0 Å². The highest BCUT2D eigenvalue weighted by atomic mass is 35.5. The second-order valence-electron chi connectivity index (χ2n) is 5.34. The Morgan fingerprint density at radius 1 is 1.35 bits per heavy atom. The highest BCUT2D eigenvalue weighted by Crippen LogP contribution is 2.40. The van der Waals surface area contributed by atoms with E-state index in [9.17, 15) is 4.79 Å². The van der Waals surface area contributed by atoms with Crippen molar-refractivity contribution in [2.24, 2.45) is 0 Å². The summed E-state index contributed by atoms with van der Waals surface area (Å²) in [5.74, 6) is 1.21. The summed E-state index contributed by atoms with van der Waals surface area (Å²) in [7, 11) is 0. The molecule has 3 aromatic rings. The molecule has 0 N–H and O–H groups in total. The maximum atomic E-state index is 11.9. The quantitative estimate of drug-likeness (QED) is 0.471. The van der Waals surface area contributed by atoms with Gasteiger partial charge in [0.1, 0.15) is 12.3 Å². The minimum absolute atomic E-state index is 0.0277. The van der Waals surface area contributed by atoms with Gasteiger partial charge in [0.2, 0.25) is 6.79 Å². The van der Waals surface area contributed by atoms with Crippen LogP contribution in [0.15, 0.2) is 46.3 Å². The molecule has 4 rings (SSSR count). The van der Waals surface area contributed by atoms with Crippen molar-refractivity contribution in [3.05, 3.63) is 58.1 Å². The molecule has 0 saturated carbocycles. The van der Waals surface area contributed by atoms with Crippen molar-refractivity contribution in [2.75, 3.05) is 6.79 Å². The van der Waals surface area contributed by atoms with E-state index < -0.39 is 5.97 Å². The fourth-order valence-corrected chi connectivity index (χ4v) is 3.30. The van der Waals surface area contributed by atoms with Gasteiger partial charge in [-0.15, -0.1) is 11.3 Å². The number of rotatable bonds is 5. The molecule has 3 heterocycles. The molecule has 0 atom stereocenters. The molecule has 0 unspecified atom stereocenters. The van der Waals surface area contributed by atoms with Gasteiger partial charge in [-0.25, -0.2) is 4.79 Å². The van der Waals surface area contributed by atoms with Gasteiger partial charge in [-0.1, -0.05) is 22.8 Å². The number of ether oxygens (including phenoxy) is 3. The Kier molecular flexibility index (Phi) is 4.64. The lowest BCUT2D eigenvalue weighted by atomic mass is 10.2. The first-order chi connectivity index (χ1) is 12.7. The number of benzene rings is 1. The maximum absolute atomic E-state index is 11.9. The lowest BCUT2D eigenvalue weighted by Gasteiger charge is -2.01. The molecular formula is C18H12ClNO5S. The smallest absolute Gasteiger partial charge is 0.331 e. The van der Waals surface area contributed by atoms with Crippen LogP contribution in [-0.2, 0) is 16.1 Å². The maximum Gasteiger partial charge on any atom is 0.331 e. The molecule has 6 nitrogen and oxygen atoms in total. The van der Waals surface area contributed by atoms with Crippen molar-refractivity contribution in [1.29, 1.82) is 0 Å². The molecule has 0 aliphatic carbocycles. The molecule has 0 amide bonds. The third-order valence-corrected chi connectivity index (χ3v) is 4.71. The van der Waals surface area contributed by atoms with Crippen LogP contribution in [0.2, 0.25) is 5.02 Å². The van der Waals surface area contributed by atoms with Gasteiger partial charge in [0, 0.05) is 12.1 Å². The summed E-state index contributed by atoms with van der Waals surface area (Å²) < 4.78 is 20.9. The molecule has 8 heteroatoms. The van der Waals surface area contributed by atoms with Crippen molar-refractivity contribution in [3.63, 3.8) is 0 Å². The topological polar surface area (TPSA) is 70.8 Å². The second kappa shape index (κ2) is 7.23. The summed E-state index contributed by atoms with van der Waals surface area (Å²) in [4.78, 5) is 12.9. The first-order valence-electron chi connectivity index (χ1n) is 7.62. The van der Waals surface area contributed by atoms with E-state index in [1.54, 1.807) is 35.6 Å². The Morgan fingerprint density at radius 3 is 3.12 bits per heavy atom. The zero-order valence-electron chi connectivity index (χ0n) is 13.3. The molecule has 2 aromatic heterocycles. The van der Waals surface area contributed by atoms with Gasteiger partial charge in [0.15, 0.2) is 17.3 Å². The van der Waals surface area contributed by atoms with E-state index in [4.69, 9.17) is 30.3 Å². The normalized spacial score (nSPS) is 12.7. The monoisotopic (exact) mass is 389 g/mol. The van der Waals surface area contributed by atoms with Crippen LogP contribution in [0.3, 0.4) is 0 Å².